The van der Waals surface area contributed by atoms with E-state index in [1.807, 2.05) is 26.8 Å². The van der Waals surface area contributed by atoms with Gasteiger partial charge in [0.25, 0.3) is 11.6 Å². The van der Waals surface area contributed by atoms with Gasteiger partial charge in [0.1, 0.15) is 5.82 Å². The van der Waals surface area contributed by atoms with E-state index in [0.717, 1.165) is 17.3 Å². The Morgan fingerprint density at radius 2 is 2.00 bits per heavy atom. The highest BCUT2D eigenvalue weighted by molar-refractivity contribution is 7.99. The van der Waals surface area contributed by atoms with Gasteiger partial charge in [0, 0.05) is 28.4 Å². The second-order valence-electron chi connectivity index (χ2n) is 7.81. The molecule has 1 heterocycles. The number of nitrogens with zero attached hydrogens (tertiary/aromatic N) is 3. The van der Waals surface area contributed by atoms with Crippen LogP contribution in [0.4, 0.5) is 11.4 Å². The second kappa shape index (κ2) is 11.1. The summed E-state index contributed by atoms with van der Waals surface area (Å²) >= 11 is 7.22. The van der Waals surface area contributed by atoms with Crippen LogP contribution in [0, 0.1) is 23.0 Å². The van der Waals surface area contributed by atoms with Crippen molar-refractivity contribution in [3.63, 3.8) is 0 Å². The third-order valence-corrected chi connectivity index (χ3v) is 6.09. The number of rotatable bonds is 9. The molecule has 34 heavy (non-hydrogen) atoms. The molecule has 0 fully saturated rings. The van der Waals surface area contributed by atoms with Gasteiger partial charge in [-0.25, -0.2) is 4.98 Å². The molecule has 0 unspecified atom stereocenters. The molecule has 0 saturated heterocycles. The van der Waals surface area contributed by atoms with Crippen LogP contribution in [-0.2, 0) is 4.79 Å². The van der Waals surface area contributed by atoms with E-state index in [0.29, 0.717) is 21.7 Å². The molecule has 12 heteroatoms. The summed E-state index contributed by atoms with van der Waals surface area (Å²) in [6, 6.07) is 10.2. The number of carbonyl (C=O) groups excluding carboxylic acids is 2. The number of nitrogens with one attached hydrogen (secondary N) is 3. The molecule has 2 aromatic carbocycles. The molecule has 178 valence electrons. The van der Waals surface area contributed by atoms with E-state index in [1.54, 1.807) is 12.1 Å². The smallest absolute Gasteiger partial charge is 0.270 e. The topological polar surface area (TPSA) is 143 Å². The zero-order valence-corrected chi connectivity index (χ0v) is 20.2. The largest absolute Gasteiger partial charge is 0.342 e. The van der Waals surface area contributed by atoms with Crippen molar-refractivity contribution < 1.29 is 14.5 Å². The lowest BCUT2D eigenvalue weighted by Gasteiger charge is -2.19. The quantitative estimate of drug-likeness (QED) is 0.221. The van der Waals surface area contributed by atoms with E-state index in [4.69, 9.17) is 11.6 Å². The SMILES string of the molecule is Cc1ccc(NC(=O)CSc2n[nH]c([C@@H](NC(=O)c3cccc([N+](=O)[O-])c3)C(C)C)n2)cc1Cl. The van der Waals surface area contributed by atoms with Crippen molar-refractivity contribution >= 4 is 46.6 Å². The van der Waals surface area contributed by atoms with Crippen LogP contribution in [0.2, 0.25) is 5.02 Å². The number of thioether (sulfide) groups is 1. The van der Waals surface area contributed by atoms with Crippen LogP contribution in [0.15, 0.2) is 47.6 Å². The van der Waals surface area contributed by atoms with Crippen LogP contribution in [0.25, 0.3) is 0 Å². The summed E-state index contributed by atoms with van der Waals surface area (Å²) in [5.41, 5.74) is 1.51. The maximum atomic E-state index is 12.7. The van der Waals surface area contributed by atoms with Gasteiger partial charge in [-0.05, 0) is 36.6 Å². The van der Waals surface area contributed by atoms with E-state index in [9.17, 15) is 19.7 Å². The van der Waals surface area contributed by atoms with Gasteiger partial charge < -0.3 is 10.6 Å². The number of nitro benzene ring substituents is 1. The first-order valence-corrected chi connectivity index (χ1v) is 11.7. The summed E-state index contributed by atoms with van der Waals surface area (Å²) in [5.74, 6) is -0.264. The van der Waals surface area contributed by atoms with Gasteiger partial charge in [0.2, 0.25) is 11.1 Å². The highest BCUT2D eigenvalue weighted by Gasteiger charge is 2.24. The molecule has 0 spiro atoms. The van der Waals surface area contributed by atoms with E-state index in [1.165, 1.54) is 24.3 Å². The number of benzene rings is 2. The van der Waals surface area contributed by atoms with Crippen molar-refractivity contribution in [1.29, 1.82) is 0 Å². The number of halogens is 1. The molecule has 3 N–H and O–H groups in total. The average molecular weight is 503 g/mol. The predicted molar refractivity (Wildman–Crippen MR) is 130 cm³/mol. The number of aromatic nitrogens is 3. The fraction of sp³-hybridized carbons (Fsp3) is 0.273. The van der Waals surface area contributed by atoms with Crippen LogP contribution >= 0.6 is 23.4 Å². The van der Waals surface area contributed by atoms with E-state index in [-0.39, 0.29) is 28.8 Å². The fourth-order valence-electron chi connectivity index (χ4n) is 3.00. The number of nitro groups is 1. The number of hydrogen-bond donors (Lipinski definition) is 3. The Morgan fingerprint density at radius 3 is 2.68 bits per heavy atom. The van der Waals surface area contributed by atoms with E-state index < -0.39 is 16.9 Å². The van der Waals surface area contributed by atoms with Gasteiger partial charge in [-0.2, -0.15) is 0 Å². The molecule has 2 amide bonds. The number of aromatic amines is 1. The zero-order valence-electron chi connectivity index (χ0n) is 18.7. The first-order valence-electron chi connectivity index (χ1n) is 10.3. The Labute approximate surface area is 205 Å². The highest BCUT2D eigenvalue weighted by atomic mass is 35.5. The Bertz CT molecular complexity index is 1220. The van der Waals surface area contributed by atoms with Gasteiger partial charge in [-0.1, -0.05) is 49.3 Å². The lowest BCUT2D eigenvalue weighted by molar-refractivity contribution is -0.384. The molecule has 0 aliphatic carbocycles. The number of hydrogen-bond acceptors (Lipinski definition) is 7. The summed E-state index contributed by atoms with van der Waals surface area (Å²) in [6.45, 7) is 5.67. The molecule has 0 bridgehead atoms. The van der Waals surface area contributed by atoms with Gasteiger partial charge in [0.15, 0.2) is 0 Å². The zero-order chi connectivity index (χ0) is 24.8. The summed E-state index contributed by atoms with van der Waals surface area (Å²) in [7, 11) is 0. The molecule has 3 aromatic rings. The summed E-state index contributed by atoms with van der Waals surface area (Å²) in [6.07, 6.45) is 0. The Hall–Kier alpha value is -3.44. The standard InChI is InChI=1S/C22H23ClN6O4S/c1-12(2)19(25-21(31)14-5-4-6-16(9-14)29(32)33)20-26-22(28-27-20)34-11-18(30)24-15-8-7-13(3)17(23)10-15/h4-10,12,19H,11H2,1-3H3,(H,24,30)(H,25,31)(H,26,27,28)/t19-/m0/s1. The van der Waals surface area contributed by atoms with Gasteiger partial charge in [0.05, 0.1) is 16.7 Å². The van der Waals surface area contributed by atoms with E-state index >= 15 is 0 Å². The van der Waals surface area contributed by atoms with Crippen molar-refractivity contribution in [3.8, 4) is 0 Å². The van der Waals surface area contributed by atoms with Crippen molar-refractivity contribution in [3.05, 3.63) is 74.6 Å². The third kappa shape index (κ3) is 6.55. The summed E-state index contributed by atoms with van der Waals surface area (Å²) in [4.78, 5) is 39.8. The predicted octanol–water partition coefficient (Wildman–Crippen LogP) is 4.53. The lowest BCUT2D eigenvalue weighted by atomic mass is 10.0. The normalized spacial score (nSPS) is 11.8. The van der Waals surface area contributed by atoms with Crippen molar-refractivity contribution in [2.45, 2.75) is 32.0 Å². The molecule has 1 aromatic heterocycles. The van der Waals surface area contributed by atoms with Crippen molar-refractivity contribution in [2.24, 2.45) is 5.92 Å². The van der Waals surface area contributed by atoms with E-state index in [2.05, 4.69) is 25.8 Å². The van der Waals surface area contributed by atoms with Crippen LogP contribution in [0.3, 0.4) is 0 Å². The minimum Gasteiger partial charge on any atom is -0.342 e. The first-order chi connectivity index (χ1) is 16.1. The van der Waals surface area contributed by atoms with Gasteiger partial charge >= 0.3 is 0 Å². The molecule has 0 aliphatic rings. The lowest BCUT2D eigenvalue weighted by Crippen LogP contribution is -2.32. The number of aryl methyl sites for hydroxylation is 1. The molecule has 10 nitrogen and oxygen atoms in total. The number of carbonyl (C=O) groups is 2. The molecular formula is C22H23ClN6O4S. The molecular weight excluding hydrogens is 480 g/mol. The van der Waals surface area contributed by atoms with Gasteiger partial charge in [-0.15, -0.1) is 5.10 Å². The molecule has 0 radical (unpaired) electrons. The molecule has 3 rings (SSSR count). The molecule has 0 aliphatic heterocycles. The van der Waals surface area contributed by atoms with Crippen LogP contribution in [0.5, 0.6) is 0 Å². The maximum absolute atomic E-state index is 12.7. The Balaban J connectivity index is 1.62. The van der Waals surface area contributed by atoms with Crippen LogP contribution in [-0.4, -0.2) is 37.7 Å². The minimum atomic E-state index is -0.555. The second-order valence-corrected chi connectivity index (χ2v) is 9.16. The number of H-pyrrole nitrogens is 1. The fourth-order valence-corrected chi connectivity index (χ4v) is 3.78. The average Bonchev–Trinajstić information content (AvgIpc) is 3.27. The first kappa shape index (κ1) is 25.2. The minimum absolute atomic E-state index is 0.0527. The summed E-state index contributed by atoms with van der Waals surface area (Å²) in [5, 5.41) is 24.4. The van der Waals surface area contributed by atoms with Crippen molar-refractivity contribution in [2.75, 3.05) is 11.1 Å². The highest BCUT2D eigenvalue weighted by Crippen LogP contribution is 2.23. The maximum Gasteiger partial charge on any atom is 0.270 e. The Kier molecular flexibility index (Phi) is 8.24. The molecule has 1 atom stereocenters. The third-order valence-electron chi connectivity index (χ3n) is 4.84. The number of amides is 2. The van der Waals surface area contributed by atoms with Gasteiger partial charge in [-0.3, -0.25) is 24.8 Å². The monoisotopic (exact) mass is 502 g/mol. The van der Waals surface area contributed by atoms with Crippen LogP contribution < -0.4 is 10.6 Å². The van der Waals surface area contributed by atoms with Crippen molar-refractivity contribution in [1.82, 2.24) is 20.5 Å². The number of anilines is 1. The Morgan fingerprint density at radius 1 is 1.24 bits per heavy atom. The van der Waals surface area contributed by atoms with Crippen LogP contribution in [0.1, 0.15) is 41.6 Å². The molecule has 0 saturated carbocycles. The number of non-ortho nitro benzene ring substituents is 1. The summed E-state index contributed by atoms with van der Waals surface area (Å²) < 4.78 is 0.